The SMILES string of the molecule is CN1C[C@@H](NC(=O)C2(Cn3ccnc3)CC2)CC[C@@H](C(=O)NCCc2nccs2)C1. The number of rotatable bonds is 8. The third-order valence-electron chi connectivity index (χ3n) is 6.13. The summed E-state index contributed by atoms with van der Waals surface area (Å²) >= 11 is 1.61. The van der Waals surface area contributed by atoms with Gasteiger partial charge in [0.25, 0.3) is 0 Å². The number of carbonyl (C=O) groups is 2. The molecule has 2 aromatic rings. The van der Waals surface area contributed by atoms with Crippen LogP contribution in [0.4, 0.5) is 0 Å². The van der Waals surface area contributed by atoms with Gasteiger partial charge in [0.05, 0.1) is 22.7 Å². The second-order valence-electron chi connectivity index (χ2n) is 8.65. The maximum Gasteiger partial charge on any atom is 0.228 e. The number of likely N-dealkylation sites (tertiary alicyclic amines) is 1. The molecule has 2 fully saturated rings. The van der Waals surface area contributed by atoms with Crippen LogP contribution in [-0.4, -0.2) is 64.0 Å². The number of likely N-dealkylation sites (N-methyl/N-ethyl adjacent to an activating group) is 1. The lowest BCUT2D eigenvalue weighted by atomic mass is 10.00. The van der Waals surface area contributed by atoms with Crippen molar-refractivity contribution in [3.05, 3.63) is 35.3 Å². The number of aromatic nitrogens is 3. The van der Waals surface area contributed by atoms with E-state index in [-0.39, 0.29) is 29.2 Å². The van der Waals surface area contributed by atoms with E-state index in [2.05, 4.69) is 25.5 Å². The van der Waals surface area contributed by atoms with Crippen LogP contribution in [0.2, 0.25) is 0 Å². The summed E-state index contributed by atoms with van der Waals surface area (Å²) in [6, 6.07) is 0.0795. The molecule has 2 aromatic heterocycles. The first-order valence-corrected chi connectivity index (χ1v) is 11.5. The second kappa shape index (κ2) is 9.26. The molecule has 0 unspecified atom stereocenters. The maximum absolute atomic E-state index is 13.0. The van der Waals surface area contributed by atoms with Gasteiger partial charge < -0.3 is 20.1 Å². The molecular weight excluding hydrogens is 400 g/mol. The first-order valence-electron chi connectivity index (χ1n) is 10.7. The molecular formula is C21H30N6O2S. The minimum absolute atomic E-state index is 0.0472. The van der Waals surface area contributed by atoms with Gasteiger partial charge in [0, 0.05) is 62.6 Å². The smallest absolute Gasteiger partial charge is 0.228 e. The fourth-order valence-corrected chi connectivity index (χ4v) is 4.85. The number of nitrogens with one attached hydrogen (secondary N) is 2. The Balaban J connectivity index is 1.25. The Labute approximate surface area is 181 Å². The molecule has 0 bridgehead atoms. The zero-order chi connectivity index (χ0) is 21.0. The number of nitrogens with zero attached hydrogens (tertiary/aromatic N) is 4. The van der Waals surface area contributed by atoms with Crippen molar-refractivity contribution in [2.45, 2.75) is 44.7 Å². The average molecular weight is 431 g/mol. The van der Waals surface area contributed by atoms with E-state index in [1.54, 1.807) is 30.1 Å². The summed E-state index contributed by atoms with van der Waals surface area (Å²) in [4.78, 5) is 36.1. The molecule has 1 saturated carbocycles. The Morgan fingerprint density at radius 1 is 1.27 bits per heavy atom. The van der Waals surface area contributed by atoms with E-state index in [0.29, 0.717) is 13.1 Å². The second-order valence-corrected chi connectivity index (χ2v) is 9.63. The van der Waals surface area contributed by atoms with Crippen molar-refractivity contribution in [2.75, 3.05) is 26.7 Å². The van der Waals surface area contributed by atoms with Gasteiger partial charge in [-0.25, -0.2) is 9.97 Å². The molecule has 2 N–H and O–H groups in total. The van der Waals surface area contributed by atoms with Crippen LogP contribution in [-0.2, 0) is 22.6 Å². The van der Waals surface area contributed by atoms with Crippen LogP contribution in [0.5, 0.6) is 0 Å². The standard InChI is InChI=1S/C21H30N6O2S/c1-26-12-16(19(28)24-7-4-18-23-9-11-30-18)2-3-17(13-26)25-20(29)21(5-6-21)14-27-10-8-22-15-27/h8-11,15-17H,2-7,12-14H2,1H3,(H,24,28)(H,25,29)/t16-,17+/m1/s1. The summed E-state index contributed by atoms with van der Waals surface area (Å²) in [7, 11) is 2.03. The normalized spacial score (nSPS) is 23.5. The predicted molar refractivity (Wildman–Crippen MR) is 115 cm³/mol. The van der Waals surface area contributed by atoms with Gasteiger partial charge in [-0.05, 0) is 32.7 Å². The lowest BCUT2D eigenvalue weighted by Gasteiger charge is -2.24. The van der Waals surface area contributed by atoms with Crippen molar-refractivity contribution >= 4 is 23.2 Å². The van der Waals surface area contributed by atoms with Crippen LogP contribution in [0.3, 0.4) is 0 Å². The molecule has 1 saturated heterocycles. The summed E-state index contributed by atoms with van der Waals surface area (Å²) in [5, 5.41) is 9.33. The molecule has 0 spiro atoms. The van der Waals surface area contributed by atoms with E-state index >= 15 is 0 Å². The number of carbonyl (C=O) groups excluding carboxylic acids is 2. The number of thiazole rings is 1. The Morgan fingerprint density at radius 2 is 2.13 bits per heavy atom. The average Bonchev–Trinajstić information content (AvgIpc) is 3.10. The van der Waals surface area contributed by atoms with Crippen molar-refractivity contribution in [3.8, 4) is 0 Å². The van der Waals surface area contributed by atoms with E-state index in [0.717, 1.165) is 50.2 Å². The molecule has 0 radical (unpaired) electrons. The lowest BCUT2D eigenvalue weighted by Crippen LogP contribution is -2.45. The summed E-state index contributed by atoms with van der Waals surface area (Å²) in [6.45, 7) is 2.79. The van der Waals surface area contributed by atoms with Crippen molar-refractivity contribution in [3.63, 3.8) is 0 Å². The topological polar surface area (TPSA) is 92.2 Å². The van der Waals surface area contributed by atoms with Gasteiger partial charge in [0.2, 0.25) is 11.8 Å². The largest absolute Gasteiger partial charge is 0.355 e. The fourth-order valence-electron chi connectivity index (χ4n) is 4.23. The molecule has 30 heavy (non-hydrogen) atoms. The zero-order valence-electron chi connectivity index (χ0n) is 17.4. The Hall–Kier alpha value is -2.26. The predicted octanol–water partition coefficient (Wildman–Crippen LogP) is 1.31. The van der Waals surface area contributed by atoms with Gasteiger partial charge in [0.1, 0.15) is 0 Å². The molecule has 2 amide bonds. The van der Waals surface area contributed by atoms with E-state index < -0.39 is 0 Å². The highest BCUT2D eigenvalue weighted by Crippen LogP contribution is 2.47. The van der Waals surface area contributed by atoms with E-state index in [1.807, 2.05) is 23.2 Å². The lowest BCUT2D eigenvalue weighted by molar-refractivity contribution is -0.127. The van der Waals surface area contributed by atoms with E-state index in [9.17, 15) is 9.59 Å². The minimum Gasteiger partial charge on any atom is -0.355 e. The quantitative estimate of drug-likeness (QED) is 0.659. The first kappa shape index (κ1) is 21.0. The van der Waals surface area contributed by atoms with Crippen molar-refractivity contribution < 1.29 is 9.59 Å². The molecule has 162 valence electrons. The van der Waals surface area contributed by atoms with Crippen LogP contribution in [0.15, 0.2) is 30.3 Å². The maximum atomic E-state index is 13.0. The highest BCUT2D eigenvalue weighted by atomic mass is 32.1. The first-order chi connectivity index (χ1) is 14.5. The highest BCUT2D eigenvalue weighted by Gasteiger charge is 2.50. The van der Waals surface area contributed by atoms with Crippen LogP contribution in [0.25, 0.3) is 0 Å². The van der Waals surface area contributed by atoms with Gasteiger partial charge in [-0.15, -0.1) is 11.3 Å². The fraction of sp³-hybridized carbons (Fsp3) is 0.619. The molecule has 9 heteroatoms. The molecule has 4 rings (SSSR count). The molecule has 3 heterocycles. The van der Waals surface area contributed by atoms with Crippen LogP contribution in [0.1, 0.15) is 30.7 Å². The molecule has 2 atom stereocenters. The van der Waals surface area contributed by atoms with Gasteiger partial charge in [-0.1, -0.05) is 0 Å². The summed E-state index contributed by atoms with van der Waals surface area (Å²) in [5.41, 5.74) is -0.293. The molecule has 1 aliphatic heterocycles. The third-order valence-corrected chi connectivity index (χ3v) is 6.97. The Morgan fingerprint density at radius 3 is 2.83 bits per heavy atom. The van der Waals surface area contributed by atoms with E-state index in [4.69, 9.17) is 0 Å². The molecule has 8 nitrogen and oxygen atoms in total. The van der Waals surface area contributed by atoms with Gasteiger partial charge in [0.15, 0.2) is 0 Å². The Kier molecular flexibility index (Phi) is 6.48. The zero-order valence-corrected chi connectivity index (χ0v) is 18.2. The monoisotopic (exact) mass is 430 g/mol. The molecule has 2 aliphatic rings. The van der Waals surface area contributed by atoms with Gasteiger partial charge in [-0.2, -0.15) is 0 Å². The van der Waals surface area contributed by atoms with Crippen molar-refractivity contribution in [2.24, 2.45) is 11.3 Å². The molecule has 0 aromatic carbocycles. The minimum atomic E-state index is -0.293. The number of amides is 2. The third kappa shape index (κ3) is 5.26. The highest BCUT2D eigenvalue weighted by molar-refractivity contribution is 7.09. The van der Waals surface area contributed by atoms with Crippen LogP contribution < -0.4 is 10.6 Å². The van der Waals surface area contributed by atoms with Gasteiger partial charge >= 0.3 is 0 Å². The summed E-state index contributed by atoms with van der Waals surface area (Å²) in [6.07, 6.45) is 11.4. The number of hydrogen-bond donors (Lipinski definition) is 2. The van der Waals surface area contributed by atoms with Crippen molar-refractivity contribution in [1.82, 2.24) is 30.1 Å². The number of hydrogen-bond acceptors (Lipinski definition) is 6. The van der Waals surface area contributed by atoms with Gasteiger partial charge in [-0.3, -0.25) is 9.59 Å². The van der Waals surface area contributed by atoms with E-state index in [1.165, 1.54) is 0 Å². The molecule has 1 aliphatic carbocycles. The summed E-state index contributed by atoms with van der Waals surface area (Å²) in [5.74, 6) is 0.194. The number of imidazole rings is 1. The summed E-state index contributed by atoms with van der Waals surface area (Å²) < 4.78 is 1.98. The van der Waals surface area contributed by atoms with Crippen LogP contribution in [0, 0.1) is 11.3 Å². The van der Waals surface area contributed by atoms with Crippen LogP contribution >= 0.6 is 11.3 Å². The Bertz CT molecular complexity index is 834. The van der Waals surface area contributed by atoms with Crippen molar-refractivity contribution in [1.29, 1.82) is 0 Å².